The normalized spacial score (nSPS) is 23.1. The van der Waals surface area contributed by atoms with Crippen LogP contribution in [-0.2, 0) is 0 Å². The number of nitrogens with zero attached hydrogens (tertiary/aromatic N) is 1. The van der Waals surface area contributed by atoms with Gasteiger partial charge in [-0.15, -0.1) is 0 Å². The molecule has 2 atom stereocenters. The van der Waals surface area contributed by atoms with Crippen LogP contribution in [0.3, 0.4) is 0 Å². The highest BCUT2D eigenvalue weighted by molar-refractivity contribution is 5.90. The highest BCUT2D eigenvalue weighted by Gasteiger charge is 2.26. The second-order valence-corrected chi connectivity index (χ2v) is 5.24. The number of aryl methyl sites for hydroxylation is 1. The molecule has 0 amide bonds. The zero-order chi connectivity index (χ0) is 13.8. The lowest BCUT2D eigenvalue weighted by Gasteiger charge is -2.31. The third-order valence-electron chi connectivity index (χ3n) is 3.88. The van der Waals surface area contributed by atoms with Gasteiger partial charge in [-0.1, -0.05) is 13.3 Å². The number of ether oxygens (including phenoxy) is 1. The zero-order valence-electron chi connectivity index (χ0n) is 11.6. The summed E-state index contributed by atoms with van der Waals surface area (Å²) in [5.74, 6) is 0.0144. The molecule has 1 heterocycles. The summed E-state index contributed by atoms with van der Waals surface area (Å²) in [6.07, 6.45) is 7.20. The average Bonchev–Trinajstić information content (AvgIpc) is 2.39. The quantitative estimate of drug-likeness (QED) is 0.904. The van der Waals surface area contributed by atoms with Gasteiger partial charge in [-0.05, 0) is 38.5 Å². The lowest BCUT2D eigenvalue weighted by Crippen LogP contribution is -2.30. The molecule has 2 rings (SSSR count). The van der Waals surface area contributed by atoms with E-state index in [0.717, 1.165) is 25.0 Å². The van der Waals surface area contributed by atoms with Crippen molar-refractivity contribution in [2.45, 2.75) is 52.1 Å². The van der Waals surface area contributed by atoms with Crippen LogP contribution in [0.1, 0.15) is 55.1 Å². The maximum atomic E-state index is 11.2. The van der Waals surface area contributed by atoms with Gasteiger partial charge in [0.05, 0.1) is 0 Å². The van der Waals surface area contributed by atoms with E-state index in [1.807, 2.05) is 6.92 Å². The van der Waals surface area contributed by atoms with Crippen LogP contribution in [0.5, 0.6) is 5.75 Å². The molecule has 19 heavy (non-hydrogen) atoms. The van der Waals surface area contributed by atoms with Crippen molar-refractivity contribution >= 4 is 5.97 Å². The number of aromatic carboxylic acids is 1. The van der Waals surface area contributed by atoms with E-state index in [9.17, 15) is 9.90 Å². The van der Waals surface area contributed by atoms with Gasteiger partial charge in [0.25, 0.3) is 0 Å². The van der Waals surface area contributed by atoms with E-state index in [0.29, 0.717) is 11.7 Å². The van der Waals surface area contributed by atoms with Crippen LogP contribution in [-0.4, -0.2) is 22.2 Å². The first-order chi connectivity index (χ1) is 9.11. The third-order valence-corrected chi connectivity index (χ3v) is 3.88. The van der Waals surface area contributed by atoms with Crippen LogP contribution in [0, 0.1) is 12.8 Å². The van der Waals surface area contributed by atoms with Crippen molar-refractivity contribution in [1.29, 1.82) is 0 Å². The first-order valence-corrected chi connectivity index (χ1v) is 6.98. The van der Waals surface area contributed by atoms with E-state index in [1.54, 1.807) is 6.07 Å². The van der Waals surface area contributed by atoms with Crippen LogP contribution in [0.15, 0.2) is 12.3 Å². The fourth-order valence-electron chi connectivity index (χ4n) is 2.75. The molecule has 0 spiro atoms. The number of rotatable bonds is 4. The molecule has 2 unspecified atom stereocenters. The van der Waals surface area contributed by atoms with Crippen LogP contribution >= 0.6 is 0 Å². The van der Waals surface area contributed by atoms with Gasteiger partial charge in [-0.3, -0.25) is 4.98 Å². The van der Waals surface area contributed by atoms with E-state index >= 15 is 0 Å². The Bertz CT molecular complexity index is 459. The molecule has 0 aliphatic heterocycles. The fourth-order valence-corrected chi connectivity index (χ4v) is 2.75. The highest BCUT2D eigenvalue weighted by atomic mass is 16.5. The Labute approximate surface area is 113 Å². The van der Waals surface area contributed by atoms with Crippen molar-refractivity contribution in [2.75, 3.05) is 0 Å². The molecule has 1 aromatic rings. The first-order valence-electron chi connectivity index (χ1n) is 6.98. The minimum absolute atomic E-state index is 0.138. The highest BCUT2D eigenvalue weighted by Crippen LogP contribution is 2.31. The molecule has 0 radical (unpaired) electrons. The molecule has 0 bridgehead atoms. The van der Waals surface area contributed by atoms with Crippen LogP contribution < -0.4 is 4.74 Å². The van der Waals surface area contributed by atoms with E-state index in [-0.39, 0.29) is 11.7 Å². The summed E-state index contributed by atoms with van der Waals surface area (Å²) in [6, 6.07) is 1.73. The van der Waals surface area contributed by atoms with Crippen molar-refractivity contribution < 1.29 is 14.6 Å². The first kappa shape index (κ1) is 13.8. The fraction of sp³-hybridized carbons (Fsp3) is 0.600. The Morgan fingerprint density at radius 3 is 2.89 bits per heavy atom. The Hall–Kier alpha value is -1.58. The van der Waals surface area contributed by atoms with Crippen LogP contribution in [0.2, 0.25) is 0 Å². The van der Waals surface area contributed by atoms with E-state index < -0.39 is 5.97 Å². The Balaban J connectivity index is 2.21. The number of hydrogen-bond donors (Lipinski definition) is 1. The van der Waals surface area contributed by atoms with E-state index in [4.69, 9.17) is 4.74 Å². The lowest BCUT2D eigenvalue weighted by atomic mass is 9.84. The monoisotopic (exact) mass is 263 g/mol. The molecule has 1 fully saturated rings. The number of carbonyl (C=O) groups is 1. The van der Waals surface area contributed by atoms with E-state index in [2.05, 4.69) is 11.9 Å². The molecule has 4 nitrogen and oxygen atoms in total. The Morgan fingerprint density at radius 1 is 1.47 bits per heavy atom. The zero-order valence-corrected chi connectivity index (χ0v) is 11.6. The molecule has 1 N–H and O–H groups in total. The second-order valence-electron chi connectivity index (χ2n) is 5.24. The number of carboxylic acids is 1. The summed E-state index contributed by atoms with van der Waals surface area (Å²) < 4.78 is 6.01. The predicted octanol–water partition coefficient (Wildman–Crippen LogP) is 3.44. The van der Waals surface area contributed by atoms with Gasteiger partial charge in [0, 0.05) is 18.0 Å². The van der Waals surface area contributed by atoms with Crippen LogP contribution in [0.4, 0.5) is 0 Å². The molecule has 1 aliphatic rings. The molecular formula is C15H21NO3. The largest absolute Gasteiger partial charge is 0.489 e. The predicted molar refractivity (Wildman–Crippen MR) is 72.6 cm³/mol. The van der Waals surface area contributed by atoms with Crippen molar-refractivity contribution in [2.24, 2.45) is 5.92 Å². The molecule has 0 saturated heterocycles. The molecule has 1 saturated carbocycles. The minimum Gasteiger partial charge on any atom is -0.489 e. The summed E-state index contributed by atoms with van der Waals surface area (Å²) in [5.41, 5.74) is 0.940. The topological polar surface area (TPSA) is 59.4 Å². The number of carboxylic acid groups (broad SMARTS) is 1. The van der Waals surface area contributed by atoms with Gasteiger partial charge >= 0.3 is 5.97 Å². The standard InChI is InChI=1S/C15H21NO3/c1-3-11-6-4-5-7-13(11)19-14-8-10(2)16-9-12(14)15(17)18/h8-9,11,13H,3-7H2,1-2H3,(H,17,18). The number of aromatic nitrogens is 1. The molecule has 0 aromatic carbocycles. The Kier molecular flexibility index (Phi) is 4.40. The molecule has 1 aromatic heterocycles. The summed E-state index contributed by atoms with van der Waals surface area (Å²) in [6.45, 7) is 4.01. The van der Waals surface area contributed by atoms with Crippen molar-refractivity contribution in [3.05, 3.63) is 23.5 Å². The second kappa shape index (κ2) is 6.04. The summed E-state index contributed by atoms with van der Waals surface area (Å²) in [5, 5.41) is 9.19. The van der Waals surface area contributed by atoms with Crippen molar-refractivity contribution in [3.8, 4) is 5.75 Å². The summed E-state index contributed by atoms with van der Waals surface area (Å²) in [4.78, 5) is 15.2. The smallest absolute Gasteiger partial charge is 0.341 e. The van der Waals surface area contributed by atoms with Crippen molar-refractivity contribution in [3.63, 3.8) is 0 Å². The van der Waals surface area contributed by atoms with Gasteiger partial charge in [0.2, 0.25) is 0 Å². The van der Waals surface area contributed by atoms with E-state index in [1.165, 1.54) is 19.0 Å². The molecule has 4 heteroatoms. The van der Waals surface area contributed by atoms with Gasteiger partial charge in [-0.25, -0.2) is 4.79 Å². The molecule has 104 valence electrons. The van der Waals surface area contributed by atoms with Gasteiger partial charge < -0.3 is 9.84 Å². The molecular weight excluding hydrogens is 242 g/mol. The van der Waals surface area contributed by atoms with Gasteiger partial charge in [0.15, 0.2) is 0 Å². The number of pyridine rings is 1. The minimum atomic E-state index is -0.980. The maximum Gasteiger partial charge on any atom is 0.341 e. The van der Waals surface area contributed by atoms with Crippen LogP contribution in [0.25, 0.3) is 0 Å². The SMILES string of the molecule is CCC1CCCCC1Oc1cc(C)ncc1C(=O)O. The number of hydrogen-bond acceptors (Lipinski definition) is 3. The van der Waals surface area contributed by atoms with Gasteiger partial charge in [0.1, 0.15) is 17.4 Å². The Morgan fingerprint density at radius 2 is 2.21 bits per heavy atom. The lowest BCUT2D eigenvalue weighted by molar-refractivity contribution is 0.0663. The summed E-state index contributed by atoms with van der Waals surface area (Å²) >= 11 is 0. The summed E-state index contributed by atoms with van der Waals surface area (Å²) in [7, 11) is 0. The van der Waals surface area contributed by atoms with Crippen molar-refractivity contribution in [1.82, 2.24) is 4.98 Å². The molecule has 1 aliphatic carbocycles. The maximum absolute atomic E-state index is 11.2. The average molecular weight is 263 g/mol. The third kappa shape index (κ3) is 3.25. The van der Waals surface area contributed by atoms with Gasteiger partial charge in [-0.2, -0.15) is 0 Å².